The van der Waals surface area contributed by atoms with E-state index in [1.54, 1.807) is 19.2 Å². The van der Waals surface area contributed by atoms with Gasteiger partial charge in [0.25, 0.3) is 6.43 Å². The number of alkyl halides is 2. The van der Waals surface area contributed by atoms with Gasteiger partial charge >= 0.3 is 0 Å². The largest absolute Gasteiger partial charge is 0.496 e. The number of halogens is 2. The fourth-order valence-electron chi connectivity index (χ4n) is 2.19. The first kappa shape index (κ1) is 15.4. The molecule has 0 amide bonds. The number of hydrogen-bond donors (Lipinski definition) is 1. The minimum atomic E-state index is -2.42. The summed E-state index contributed by atoms with van der Waals surface area (Å²) in [7, 11) is 1.65. The Balaban J connectivity index is 1.99. The molecule has 0 spiro atoms. The third kappa shape index (κ3) is 4.02. The maximum absolute atomic E-state index is 12.5. The van der Waals surface area contributed by atoms with E-state index in [4.69, 9.17) is 4.74 Å². The fraction of sp³-hybridized carbons (Fsp3) is 0.294. The number of hydrogen-bond acceptors (Lipinski definition) is 2. The minimum Gasteiger partial charge on any atom is -0.496 e. The van der Waals surface area contributed by atoms with Crippen LogP contribution in [0, 0.1) is 0 Å². The molecule has 0 fully saturated rings. The molecular formula is C17H19F2NO. The zero-order chi connectivity index (χ0) is 15.2. The van der Waals surface area contributed by atoms with Crippen LogP contribution in [0.2, 0.25) is 0 Å². The summed E-state index contributed by atoms with van der Waals surface area (Å²) in [5, 5.41) is 3.37. The molecule has 2 aromatic rings. The highest BCUT2D eigenvalue weighted by atomic mass is 19.3. The fourth-order valence-corrected chi connectivity index (χ4v) is 2.19. The highest BCUT2D eigenvalue weighted by Gasteiger charge is 2.10. The molecule has 0 aliphatic rings. The Morgan fingerprint density at radius 2 is 1.71 bits per heavy atom. The lowest BCUT2D eigenvalue weighted by Crippen LogP contribution is -2.18. The molecule has 1 unspecified atom stereocenters. The van der Waals surface area contributed by atoms with E-state index in [1.807, 2.05) is 31.2 Å². The van der Waals surface area contributed by atoms with Gasteiger partial charge in [-0.2, -0.15) is 0 Å². The summed E-state index contributed by atoms with van der Waals surface area (Å²) in [6.07, 6.45) is -2.42. The summed E-state index contributed by atoms with van der Waals surface area (Å²) in [6.45, 7) is 2.66. The number of para-hydroxylation sites is 1. The summed E-state index contributed by atoms with van der Waals surface area (Å²) in [5.74, 6) is 0.838. The summed E-state index contributed by atoms with van der Waals surface area (Å²) in [5.41, 5.74) is 2.10. The Labute approximate surface area is 123 Å². The van der Waals surface area contributed by atoms with Gasteiger partial charge in [0.1, 0.15) is 5.75 Å². The van der Waals surface area contributed by atoms with Crippen LogP contribution >= 0.6 is 0 Å². The molecule has 21 heavy (non-hydrogen) atoms. The predicted molar refractivity (Wildman–Crippen MR) is 79.6 cm³/mol. The first-order valence-corrected chi connectivity index (χ1v) is 6.85. The molecule has 2 nitrogen and oxygen atoms in total. The second-order valence-electron chi connectivity index (χ2n) is 4.89. The van der Waals surface area contributed by atoms with Gasteiger partial charge in [0, 0.05) is 23.7 Å². The van der Waals surface area contributed by atoms with Crippen molar-refractivity contribution < 1.29 is 13.5 Å². The maximum atomic E-state index is 12.5. The summed E-state index contributed by atoms with van der Waals surface area (Å²) in [4.78, 5) is 0. The van der Waals surface area contributed by atoms with Crippen LogP contribution in [0.3, 0.4) is 0 Å². The lowest BCUT2D eigenvalue weighted by molar-refractivity contribution is 0.151. The zero-order valence-corrected chi connectivity index (χ0v) is 12.1. The van der Waals surface area contributed by atoms with Gasteiger partial charge in [-0.05, 0) is 18.6 Å². The smallest absolute Gasteiger partial charge is 0.263 e. The number of rotatable bonds is 6. The molecule has 0 saturated heterocycles. The number of ether oxygens (including phenoxy) is 1. The van der Waals surface area contributed by atoms with Crippen LogP contribution in [0.5, 0.6) is 5.75 Å². The van der Waals surface area contributed by atoms with Crippen molar-refractivity contribution in [3.05, 3.63) is 65.2 Å². The highest BCUT2D eigenvalue weighted by molar-refractivity contribution is 5.35. The highest BCUT2D eigenvalue weighted by Crippen LogP contribution is 2.24. The third-order valence-corrected chi connectivity index (χ3v) is 3.45. The minimum absolute atomic E-state index is 0.0523. The molecule has 4 heteroatoms. The van der Waals surface area contributed by atoms with Crippen LogP contribution in [0.4, 0.5) is 8.78 Å². The van der Waals surface area contributed by atoms with Crippen molar-refractivity contribution in [3.8, 4) is 5.75 Å². The molecule has 0 radical (unpaired) electrons. The van der Waals surface area contributed by atoms with Gasteiger partial charge < -0.3 is 10.1 Å². The molecule has 112 valence electrons. The molecule has 0 aliphatic carbocycles. The molecule has 2 rings (SSSR count). The Bertz CT molecular complexity index is 569. The van der Waals surface area contributed by atoms with Gasteiger partial charge in [-0.1, -0.05) is 42.5 Å². The van der Waals surface area contributed by atoms with Crippen molar-refractivity contribution in [1.82, 2.24) is 5.32 Å². The predicted octanol–water partition coefficient (Wildman–Crippen LogP) is 4.48. The summed E-state index contributed by atoms with van der Waals surface area (Å²) < 4.78 is 30.3. The Morgan fingerprint density at radius 3 is 2.33 bits per heavy atom. The molecule has 0 saturated carbocycles. The van der Waals surface area contributed by atoms with Crippen LogP contribution in [-0.2, 0) is 6.54 Å². The van der Waals surface area contributed by atoms with Gasteiger partial charge in [-0.25, -0.2) is 8.78 Å². The van der Waals surface area contributed by atoms with Crippen LogP contribution in [0.1, 0.15) is 36.1 Å². The van der Waals surface area contributed by atoms with E-state index in [0.29, 0.717) is 6.54 Å². The van der Waals surface area contributed by atoms with Crippen molar-refractivity contribution in [2.75, 3.05) is 7.11 Å². The Hall–Kier alpha value is -1.94. The first-order valence-electron chi connectivity index (χ1n) is 6.85. The summed E-state index contributed by atoms with van der Waals surface area (Å²) >= 11 is 0. The zero-order valence-electron chi connectivity index (χ0n) is 12.1. The van der Waals surface area contributed by atoms with E-state index in [1.165, 1.54) is 12.1 Å². The SMILES string of the molecule is COc1ccccc1C(C)NCc1ccc(C(F)F)cc1. The van der Waals surface area contributed by atoms with E-state index < -0.39 is 6.43 Å². The second kappa shape index (κ2) is 7.18. The monoisotopic (exact) mass is 291 g/mol. The molecule has 1 atom stereocenters. The molecule has 0 heterocycles. The number of nitrogens with one attached hydrogen (secondary N) is 1. The average Bonchev–Trinajstić information content (AvgIpc) is 2.52. The van der Waals surface area contributed by atoms with Gasteiger partial charge in [0.2, 0.25) is 0 Å². The quantitative estimate of drug-likeness (QED) is 0.847. The number of methoxy groups -OCH3 is 1. The van der Waals surface area contributed by atoms with Gasteiger partial charge in [-0.15, -0.1) is 0 Å². The normalized spacial score (nSPS) is 12.4. The molecule has 2 aromatic carbocycles. The lowest BCUT2D eigenvalue weighted by atomic mass is 10.1. The third-order valence-electron chi connectivity index (χ3n) is 3.45. The van der Waals surface area contributed by atoms with Crippen molar-refractivity contribution in [1.29, 1.82) is 0 Å². The lowest BCUT2D eigenvalue weighted by Gasteiger charge is -2.17. The van der Waals surface area contributed by atoms with Crippen molar-refractivity contribution >= 4 is 0 Å². The van der Waals surface area contributed by atoms with Gasteiger partial charge in [-0.3, -0.25) is 0 Å². The standard InChI is InChI=1S/C17H19F2NO/c1-12(15-5-3-4-6-16(15)21-2)20-11-13-7-9-14(10-8-13)17(18)19/h3-10,12,17,20H,11H2,1-2H3. The van der Waals surface area contributed by atoms with Crippen molar-refractivity contribution in [3.63, 3.8) is 0 Å². The second-order valence-corrected chi connectivity index (χ2v) is 4.89. The van der Waals surface area contributed by atoms with Crippen molar-refractivity contribution in [2.24, 2.45) is 0 Å². The van der Waals surface area contributed by atoms with Crippen LogP contribution < -0.4 is 10.1 Å². The van der Waals surface area contributed by atoms with E-state index in [9.17, 15) is 8.78 Å². The summed E-state index contributed by atoms with van der Waals surface area (Å²) in [6, 6.07) is 14.3. The van der Waals surface area contributed by atoms with Crippen molar-refractivity contribution in [2.45, 2.75) is 25.9 Å². The van der Waals surface area contributed by atoms with E-state index in [2.05, 4.69) is 5.32 Å². The molecular weight excluding hydrogens is 272 g/mol. The van der Waals surface area contributed by atoms with Crippen LogP contribution in [0.15, 0.2) is 48.5 Å². The molecule has 0 aromatic heterocycles. The number of benzene rings is 2. The van der Waals surface area contributed by atoms with E-state index in [0.717, 1.165) is 16.9 Å². The van der Waals surface area contributed by atoms with E-state index in [-0.39, 0.29) is 11.6 Å². The van der Waals surface area contributed by atoms with Gasteiger partial charge in [0.05, 0.1) is 7.11 Å². The topological polar surface area (TPSA) is 21.3 Å². The first-order chi connectivity index (χ1) is 10.1. The molecule has 0 aliphatic heterocycles. The van der Waals surface area contributed by atoms with Gasteiger partial charge in [0.15, 0.2) is 0 Å². The van der Waals surface area contributed by atoms with Crippen LogP contribution in [0.25, 0.3) is 0 Å². The van der Waals surface area contributed by atoms with Crippen LogP contribution in [-0.4, -0.2) is 7.11 Å². The van der Waals surface area contributed by atoms with E-state index >= 15 is 0 Å². The molecule has 0 bridgehead atoms. The Morgan fingerprint density at radius 1 is 1.05 bits per heavy atom. The maximum Gasteiger partial charge on any atom is 0.263 e. The molecule has 1 N–H and O–H groups in total. The average molecular weight is 291 g/mol. The Kier molecular flexibility index (Phi) is 5.28.